The van der Waals surface area contributed by atoms with E-state index in [2.05, 4.69) is 32.7 Å². The highest BCUT2D eigenvalue weighted by atomic mass is 79.9. The molecule has 0 spiro atoms. The predicted molar refractivity (Wildman–Crippen MR) is 73.7 cm³/mol. The third kappa shape index (κ3) is 3.63. The number of halogens is 2. The van der Waals surface area contributed by atoms with Crippen LogP contribution in [0.15, 0.2) is 39.5 Å². The lowest BCUT2D eigenvalue weighted by atomic mass is 10.1. The van der Waals surface area contributed by atoms with Crippen molar-refractivity contribution in [2.75, 3.05) is 0 Å². The van der Waals surface area contributed by atoms with Crippen LogP contribution in [0.1, 0.15) is 24.1 Å². The van der Waals surface area contributed by atoms with Crippen LogP contribution >= 0.6 is 27.3 Å². The van der Waals surface area contributed by atoms with Crippen LogP contribution in [0.25, 0.3) is 0 Å². The highest BCUT2D eigenvalue weighted by Crippen LogP contribution is 2.21. The van der Waals surface area contributed by atoms with Gasteiger partial charge in [0.25, 0.3) is 0 Å². The van der Waals surface area contributed by atoms with Crippen molar-refractivity contribution in [2.24, 2.45) is 0 Å². The summed E-state index contributed by atoms with van der Waals surface area (Å²) < 4.78 is 14.2. The van der Waals surface area contributed by atoms with Crippen molar-refractivity contribution in [1.82, 2.24) is 5.32 Å². The molecule has 2 rings (SSSR count). The molecule has 0 aliphatic heterocycles. The quantitative estimate of drug-likeness (QED) is 0.876. The molecule has 2 aromatic rings. The first-order chi connectivity index (χ1) is 8.15. The summed E-state index contributed by atoms with van der Waals surface area (Å²) in [6.45, 7) is 2.83. The number of hydrogen-bond acceptors (Lipinski definition) is 2. The number of rotatable bonds is 4. The van der Waals surface area contributed by atoms with Gasteiger partial charge in [0.1, 0.15) is 5.82 Å². The predicted octanol–water partition coefficient (Wildman–Crippen LogP) is 4.50. The van der Waals surface area contributed by atoms with Gasteiger partial charge in [0, 0.05) is 12.6 Å². The fourth-order valence-electron chi connectivity index (χ4n) is 1.60. The molecule has 1 aromatic carbocycles. The summed E-state index contributed by atoms with van der Waals surface area (Å²) in [5, 5.41) is 5.48. The molecule has 0 bridgehead atoms. The van der Waals surface area contributed by atoms with Crippen LogP contribution in [-0.2, 0) is 6.54 Å². The number of benzene rings is 1. The Balaban J connectivity index is 1.95. The SMILES string of the molecule is CC(NCc1csc(Br)c1)c1cccc(F)c1. The minimum Gasteiger partial charge on any atom is -0.306 e. The zero-order valence-electron chi connectivity index (χ0n) is 9.41. The van der Waals surface area contributed by atoms with Crippen molar-refractivity contribution in [1.29, 1.82) is 0 Å². The summed E-state index contributed by atoms with van der Waals surface area (Å²) in [6.07, 6.45) is 0. The molecule has 0 aliphatic rings. The van der Waals surface area contributed by atoms with Crippen LogP contribution in [-0.4, -0.2) is 0 Å². The van der Waals surface area contributed by atoms with E-state index in [-0.39, 0.29) is 11.9 Å². The summed E-state index contributed by atoms with van der Waals surface area (Å²) in [7, 11) is 0. The first kappa shape index (κ1) is 12.7. The summed E-state index contributed by atoms with van der Waals surface area (Å²) >= 11 is 5.11. The number of hydrogen-bond donors (Lipinski definition) is 1. The Labute approximate surface area is 113 Å². The van der Waals surface area contributed by atoms with Gasteiger partial charge in [-0.2, -0.15) is 0 Å². The van der Waals surface area contributed by atoms with Gasteiger partial charge in [-0.15, -0.1) is 11.3 Å². The molecule has 0 amide bonds. The van der Waals surface area contributed by atoms with Gasteiger partial charge in [0.05, 0.1) is 3.79 Å². The van der Waals surface area contributed by atoms with E-state index in [9.17, 15) is 4.39 Å². The molecule has 0 fully saturated rings. The second-order valence-corrected chi connectivity index (χ2v) is 6.21. The van der Waals surface area contributed by atoms with E-state index in [1.165, 1.54) is 11.6 Å². The van der Waals surface area contributed by atoms with Crippen molar-refractivity contribution in [3.05, 3.63) is 56.4 Å². The van der Waals surface area contributed by atoms with Gasteiger partial charge in [-0.25, -0.2) is 4.39 Å². The Bertz CT molecular complexity index is 498. The van der Waals surface area contributed by atoms with E-state index in [0.29, 0.717) is 0 Å². The molecule has 0 radical (unpaired) electrons. The highest BCUT2D eigenvalue weighted by Gasteiger charge is 2.06. The van der Waals surface area contributed by atoms with E-state index in [4.69, 9.17) is 0 Å². The monoisotopic (exact) mass is 313 g/mol. The normalized spacial score (nSPS) is 12.6. The molecule has 0 saturated heterocycles. The Morgan fingerprint density at radius 3 is 2.88 bits per heavy atom. The smallest absolute Gasteiger partial charge is 0.123 e. The highest BCUT2D eigenvalue weighted by molar-refractivity contribution is 9.11. The summed E-state index contributed by atoms with van der Waals surface area (Å²) in [4.78, 5) is 0. The molecule has 1 atom stereocenters. The Morgan fingerprint density at radius 2 is 2.24 bits per heavy atom. The zero-order chi connectivity index (χ0) is 12.3. The lowest BCUT2D eigenvalue weighted by Crippen LogP contribution is -2.17. The van der Waals surface area contributed by atoms with E-state index in [1.54, 1.807) is 23.5 Å². The molecule has 90 valence electrons. The average molecular weight is 314 g/mol. The fourth-order valence-corrected chi connectivity index (χ4v) is 2.81. The van der Waals surface area contributed by atoms with Crippen molar-refractivity contribution in [3.63, 3.8) is 0 Å². The molecular weight excluding hydrogens is 301 g/mol. The minimum absolute atomic E-state index is 0.143. The summed E-state index contributed by atoms with van der Waals surface area (Å²) in [5.41, 5.74) is 2.21. The second kappa shape index (κ2) is 5.76. The lowest BCUT2D eigenvalue weighted by molar-refractivity contribution is 0.565. The third-order valence-electron chi connectivity index (χ3n) is 2.58. The zero-order valence-corrected chi connectivity index (χ0v) is 11.8. The van der Waals surface area contributed by atoms with Gasteiger partial charge in [-0.1, -0.05) is 12.1 Å². The van der Waals surface area contributed by atoms with E-state index < -0.39 is 0 Å². The third-order valence-corrected chi connectivity index (χ3v) is 4.14. The molecule has 1 unspecified atom stereocenters. The van der Waals surface area contributed by atoms with E-state index in [0.717, 1.165) is 15.9 Å². The average Bonchev–Trinajstić information content (AvgIpc) is 2.72. The second-order valence-electron chi connectivity index (χ2n) is 3.92. The maximum Gasteiger partial charge on any atom is 0.123 e. The Morgan fingerprint density at radius 1 is 1.41 bits per heavy atom. The molecule has 0 saturated carbocycles. The van der Waals surface area contributed by atoms with Gasteiger partial charge in [0.15, 0.2) is 0 Å². The Kier molecular flexibility index (Phi) is 4.31. The first-order valence-corrected chi connectivity index (χ1v) is 7.04. The minimum atomic E-state index is -0.186. The standard InChI is InChI=1S/C13H13BrFNS/c1-9(11-3-2-4-12(15)6-11)16-7-10-5-13(14)17-8-10/h2-6,8-9,16H,7H2,1H3. The van der Waals surface area contributed by atoms with Crippen LogP contribution < -0.4 is 5.32 Å². The van der Waals surface area contributed by atoms with Crippen LogP contribution in [0.5, 0.6) is 0 Å². The van der Waals surface area contributed by atoms with Crippen molar-refractivity contribution in [3.8, 4) is 0 Å². The Hall–Kier alpha value is -0.710. The first-order valence-electron chi connectivity index (χ1n) is 5.37. The van der Waals surface area contributed by atoms with Crippen LogP contribution in [0.3, 0.4) is 0 Å². The molecule has 1 aromatic heterocycles. The van der Waals surface area contributed by atoms with Gasteiger partial charge in [-0.05, 0) is 57.6 Å². The largest absolute Gasteiger partial charge is 0.306 e. The number of nitrogens with one attached hydrogen (secondary N) is 1. The van der Waals surface area contributed by atoms with Gasteiger partial charge >= 0.3 is 0 Å². The maximum absolute atomic E-state index is 13.1. The maximum atomic E-state index is 13.1. The van der Waals surface area contributed by atoms with E-state index >= 15 is 0 Å². The van der Waals surface area contributed by atoms with Gasteiger partial charge in [0.2, 0.25) is 0 Å². The van der Waals surface area contributed by atoms with Gasteiger partial charge in [-0.3, -0.25) is 0 Å². The molecule has 0 aliphatic carbocycles. The molecule has 1 N–H and O–H groups in total. The fraction of sp³-hybridized carbons (Fsp3) is 0.231. The van der Waals surface area contributed by atoms with Crippen molar-refractivity contribution < 1.29 is 4.39 Å². The van der Waals surface area contributed by atoms with Crippen LogP contribution in [0.2, 0.25) is 0 Å². The molecule has 4 heteroatoms. The topological polar surface area (TPSA) is 12.0 Å². The number of thiophene rings is 1. The van der Waals surface area contributed by atoms with Crippen molar-refractivity contribution in [2.45, 2.75) is 19.5 Å². The van der Waals surface area contributed by atoms with Crippen LogP contribution in [0.4, 0.5) is 4.39 Å². The van der Waals surface area contributed by atoms with Gasteiger partial charge < -0.3 is 5.32 Å². The lowest BCUT2D eigenvalue weighted by Gasteiger charge is -2.13. The summed E-state index contributed by atoms with van der Waals surface area (Å²) in [6, 6.07) is 8.95. The molecule has 17 heavy (non-hydrogen) atoms. The summed E-state index contributed by atoms with van der Waals surface area (Å²) in [5.74, 6) is -0.186. The molecular formula is C13H13BrFNS. The van der Waals surface area contributed by atoms with E-state index in [1.807, 2.05) is 13.0 Å². The molecule has 1 nitrogen and oxygen atoms in total. The van der Waals surface area contributed by atoms with Crippen LogP contribution in [0, 0.1) is 5.82 Å². The molecule has 1 heterocycles. The van der Waals surface area contributed by atoms with Crippen molar-refractivity contribution >= 4 is 27.3 Å².